The van der Waals surface area contributed by atoms with Crippen molar-refractivity contribution in [1.29, 1.82) is 0 Å². The Hall–Kier alpha value is -3.18. The first-order chi connectivity index (χ1) is 14.7. The zero-order chi connectivity index (χ0) is 20.9. The van der Waals surface area contributed by atoms with E-state index in [1.54, 1.807) is 6.21 Å². The molecule has 4 aromatic carbocycles. The Morgan fingerprint density at radius 2 is 1.67 bits per heavy atom. The summed E-state index contributed by atoms with van der Waals surface area (Å²) < 4.78 is 6.73. The Bertz CT molecular complexity index is 1180. The van der Waals surface area contributed by atoms with Crippen molar-refractivity contribution in [2.24, 2.45) is 5.10 Å². The van der Waals surface area contributed by atoms with Crippen LogP contribution >= 0.6 is 15.9 Å². The lowest BCUT2D eigenvalue weighted by molar-refractivity contribution is -0.128. The van der Waals surface area contributed by atoms with Gasteiger partial charge in [0, 0.05) is 10.0 Å². The molecule has 150 valence electrons. The molecule has 4 aromatic rings. The molecule has 30 heavy (non-hydrogen) atoms. The van der Waals surface area contributed by atoms with E-state index >= 15 is 0 Å². The predicted molar refractivity (Wildman–Crippen MR) is 126 cm³/mol. The minimum atomic E-state index is -0.624. The lowest BCUT2D eigenvalue weighted by Crippen LogP contribution is -2.35. The first-order valence-corrected chi connectivity index (χ1v) is 10.6. The highest BCUT2D eigenvalue weighted by atomic mass is 79.9. The van der Waals surface area contributed by atoms with E-state index < -0.39 is 6.10 Å². The molecule has 0 aliphatic heterocycles. The van der Waals surface area contributed by atoms with Crippen molar-refractivity contribution in [3.8, 4) is 5.75 Å². The van der Waals surface area contributed by atoms with Gasteiger partial charge in [0.1, 0.15) is 5.75 Å². The van der Waals surface area contributed by atoms with Crippen molar-refractivity contribution in [3.05, 3.63) is 88.9 Å². The molecule has 0 saturated carbocycles. The van der Waals surface area contributed by atoms with Gasteiger partial charge in [0.05, 0.1) is 6.21 Å². The number of amides is 1. The normalized spacial score (nSPS) is 12.3. The minimum absolute atomic E-state index is 0.279. The van der Waals surface area contributed by atoms with Crippen molar-refractivity contribution < 1.29 is 9.53 Å². The number of hydrogen-bond donors (Lipinski definition) is 1. The molecule has 0 radical (unpaired) electrons. The Morgan fingerprint density at radius 1 is 1.00 bits per heavy atom. The van der Waals surface area contributed by atoms with Crippen LogP contribution in [0.1, 0.15) is 18.9 Å². The van der Waals surface area contributed by atoms with Gasteiger partial charge in [-0.2, -0.15) is 5.10 Å². The van der Waals surface area contributed by atoms with Crippen LogP contribution in [0, 0.1) is 0 Å². The molecule has 0 saturated heterocycles. The van der Waals surface area contributed by atoms with Gasteiger partial charge in [-0.1, -0.05) is 77.5 Å². The van der Waals surface area contributed by atoms with Crippen LogP contribution in [0.3, 0.4) is 0 Å². The SMILES string of the molecule is CCC(Oc1cccc(Br)c1)C(=O)NN=Cc1c2ccccc2cc2ccccc12. The third-order valence-corrected chi connectivity index (χ3v) is 5.41. The van der Waals surface area contributed by atoms with Crippen LogP contribution in [0.2, 0.25) is 0 Å². The molecule has 0 bridgehead atoms. The van der Waals surface area contributed by atoms with Crippen LogP contribution in [-0.2, 0) is 4.79 Å². The first-order valence-electron chi connectivity index (χ1n) is 9.81. The second-order valence-corrected chi connectivity index (χ2v) is 7.85. The molecular formula is C25H21BrN2O2. The summed E-state index contributed by atoms with van der Waals surface area (Å²) in [5.41, 5.74) is 3.62. The number of ether oxygens (including phenoxy) is 1. The highest BCUT2D eigenvalue weighted by Gasteiger charge is 2.18. The van der Waals surface area contributed by atoms with Gasteiger partial charge in [0.25, 0.3) is 5.91 Å². The van der Waals surface area contributed by atoms with Gasteiger partial charge in [-0.25, -0.2) is 5.43 Å². The molecule has 0 spiro atoms. The van der Waals surface area contributed by atoms with Crippen LogP contribution in [0.5, 0.6) is 5.75 Å². The first kappa shape index (κ1) is 20.1. The van der Waals surface area contributed by atoms with Crippen LogP contribution in [-0.4, -0.2) is 18.2 Å². The number of nitrogens with zero attached hydrogens (tertiary/aromatic N) is 1. The van der Waals surface area contributed by atoms with E-state index in [-0.39, 0.29) is 5.91 Å². The van der Waals surface area contributed by atoms with E-state index in [1.807, 2.05) is 55.5 Å². The van der Waals surface area contributed by atoms with E-state index in [0.29, 0.717) is 12.2 Å². The Balaban J connectivity index is 1.57. The number of carbonyl (C=O) groups is 1. The van der Waals surface area contributed by atoms with Crippen molar-refractivity contribution in [2.45, 2.75) is 19.4 Å². The monoisotopic (exact) mass is 460 g/mol. The van der Waals surface area contributed by atoms with E-state index in [4.69, 9.17) is 4.74 Å². The van der Waals surface area contributed by atoms with Crippen LogP contribution in [0.4, 0.5) is 0 Å². The Morgan fingerprint density at radius 3 is 2.30 bits per heavy atom. The van der Waals surface area contributed by atoms with Crippen LogP contribution in [0.25, 0.3) is 21.5 Å². The van der Waals surface area contributed by atoms with Crippen molar-refractivity contribution >= 4 is 49.6 Å². The third-order valence-electron chi connectivity index (χ3n) is 4.92. The number of nitrogens with one attached hydrogen (secondary N) is 1. The number of halogens is 1. The zero-order valence-electron chi connectivity index (χ0n) is 16.5. The van der Waals surface area contributed by atoms with Gasteiger partial charge in [0.15, 0.2) is 6.10 Å². The van der Waals surface area contributed by atoms with E-state index in [2.05, 4.69) is 56.8 Å². The molecule has 0 fully saturated rings. The number of fused-ring (bicyclic) bond motifs is 2. The summed E-state index contributed by atoms with van der Waals surface area (Å²) in [6.07, 6.45) is 1.63. The molecular weight excluding hydrogens is 440 g/mol. The number of rotatable bonds is 6. The highest BCUT2D eigenvalue weighted by Crippen LogP contribution is 2.27. The predicted octanol–water partition coefficient (Wildman–Crippen LogP) is 6.06. The Kier molecular flexibility index (Phi) is 6.10. The Labute approximate surface area is 183 Å². The van der Waals surface area contributed by atoms with Crippen molar-refractivity contribution in [2.75, 3.05) is 0 Å². The summed E-state index contributed by atoms with van der Waals surface area (Å²) in [6, 6.07) is 25.9. The lowest BCUT2D eigenvalue weighted by Gasteiger charge is -2.16. The smallest absolute Gasteiger partial charge is 0.281 e. The fourth-order valence-corrected chi connectivity index (χ4v) is 3.83. The van der Waals surface area contributed by atoms with Crippen LogP contribution < -0.4 is 10.2 Å². The molecule has 0 aliphatic rings. The summed E-state index contributed by atoms with van der Waals surface area (Å²) in [5.74, 6) is 0.355. The maximum Gasteiger partial charge on any atom is 0.281 e. The van der Waals surface area contributed by atoms with E-state index in [9.17, 15) is 4.79 Å². The third kappa shape index (κ3) is 4.36. The second-order valence-electron chi connectivity index (χ2n) is 6.94. The quantitative estimate of drug-likeness (QED) is 0.216. The van der Waals surface area contributed by atoms with Gasteiger partial charge in [-0.3, -0.25) is 4.79 Å². The largest absolute Gasteiger partial charge is 0.481 e. The van der Waals surface area contributed by atoms with E-state index in [1.165, 1.54) is 0 Å². The van der Waals surface area contributed by atoms with Crippen LogP contribution in [0.15, 0.2) is 88.4 Å². The molecule has 1 amide bonds. The number of hydrazone groups is 1. The lowest BCUT2D eigenvalue weighted by atomic mass is 9.97. The molecule has 1 unspecified atom stereocenters. The summed E-state index contributed by atoms with van der Waals surface area (Å²) in [4.78, 5) is 12.6. The summed E-state index contributed by atoms with van der Waals surface area (Å²) in [6.45, 7) is 1.91. The van der Waals surface area contributed by atoms with Crippen molar-refractivity contribution in [1.82, 2.24) is 5.43 Å². The molecule has 4 rings (SSSR count). The molecule has 1 atom stereocenters. The average molecular weight is 461 g/mol. The zero-order valence-corrected chi connectivity index (χ0v) is 18.1. The summed E-state index contributed by atoms with van der Waals surface area (Å²) >= 11 is 3.41. The maximum absolute atomic E-state index is 12.6. The number of hydrogen-bond acceptors (Lipinski definition) is 3. The molecule has 0 aliphatic carbocycles. The van der Waals surface area contributed by atoms with Gasteiger partial charge in [-0.15, -0.1) is 0 Å². The van der Waals surface area contributed by atoms with E-state index in [0.717, 1.165) is 31.6 Å². The van der Waals surface area contributed by atoms with Gasteiger partial charge < -0.3 is 4.74 Å². The highest BCUT2D eigenvalue weighted by molar-refractivity contribution is 9.10. The van der Waals surface area contributed by atoms with Gasteiger partial charge in [0.2, 0.25) is 0 Å². The van der Waals surface area contributed by atoms with Gasteiger partial charge in [-0.05, 0) is 52.2 Å². The average Bonchev–Trinajstić information content (AvgIpc) is 2.77. The summed E-state index contributed by atoms with van der Waals surface area (Å²) in [5, 5.41) is 8.70. The second kappa shape index (κ2) is 9.09. The topological polar surface area (TPSA) is 50.7 Å². The minimum Gasteiger partial charge on any atom is -0.481 e. The van der Waals surface area contributed by atoms with Gasteiger partial charge >= 0.3 is 0 Å². The summed E-state index contributed by atoms with van der Waals surface area (Å²) in [7, 11) is 0. The number of carbonyl (C=O) groups excluding carboxylic acids is 1. The fourth-order valence-electron chi connectivity index (χ4n) is 3.45. The molecule has 0 aromatic heterocycles. The fraction of sp³-hybridized carbons (Fsp3) is 0.120. The molecule has 5 heteroatoms. The molecule has 1 N–H and O–H groups in total. The molecule has 0 heterocycles. The molecule has 4 nitrogen and oxygen atoms in total. The standard InChI is InChI=1S/C25H21BrN2O2/c1-2-24(30-20-11-7-10-19(26)15-20)25(29)28-27-16-23-21-12-5-3-8-17(21)14-18-9-4-6-13-22(18)23/h3-16,24H,2H2,1H3,(H,28,29). The van der Waals surface area contributed by atoms with Crippen molar-refractivity contribution in [3.63, 3.8) is 0 Å². The maximum atomic E-state index is 12.6. The number of benzene rings is 4.